The molecular weight excluding hydrogens is 440 g/mol. The molecule has 8 nitrogen and oxygen atoms in total. The third kappa shape index (κ3) is 5.45. The zero-order valence-corrected chi connectivity index (χ0v) is 16.8. The van der Waals surface area contributed by atoms with Crippen LogP contribution in [0.5, 0.6) is 11.5 Å². The Hall–Kier alpha value is -3.59. The molecule has 1 N–H and O–H groups in total. The molecule has 9 heteroatoms. The number of nitrogens with one attached hydrogen (secondary N) is 1. The number of methoxy groups -OCH3 is 1. The zero-order chi connectivity index (χ0) is 20.6. The molecule has 0 spiro atoms. The van der Waals surface area contributed by atoms with E-state index >= 15 is 0 Å². The molecule has 0 fully saturated rings. The summed E-state index contributed by atoms with van der Waals surface area (Å²) in [6, 6.07) is 11.8. The van der Waals surface area contributed by atoms with E-state index in [1.54, 1.807) is 36.4 Å². The Morgan fingerprint density at radius 1 is 1.14 bits per heavy atom. The van der Waals surface area contributed by atoms with E-state index in [9.17, 15) is 9.59 Å². The van der Waals surface area contributed by atoms with Crippen LogP contribution in [0.1, 0.15) is 26.4 Å². The number of benzene rings is 2. The number of amides is 1. The topological polar surface area (TPSA) is 103 Å². The number of hydrogen-bond donors (Lipinski definition) is 1. The van der Waals surface area contributed by atoms with Crippen molar-refractivity contribution in [3.05, 3.63) is 82.3 Å². The van der Waals surface area contributed by atoms with Crippen LogP contribution in [0.3, 0.4) is 0 Å². The molecule has 0 atom stereocenters. The van der Waals surface area contributed by atoms with Crippen LogP contribution in [-0.4, -0.2) is 35.2 Å². The van der Waals surface area contributed by atoms with Gasteiger partial charge in [-0.1, -0.05) is 22.0 Å². The second-order valence-corrected chi connectivity index (χ2v) is 6.52. The highest BCUT2D eigenvalue weighted by Gasteiger charge is 2.13. The van der Waals surface area contributed by atoms with Gasteiger partial charge in [0.15, 0.2) is 11.5 Å². The molecule has 1 heterocycles. The monoisotopic (exact) mass is 454 g/mol. The molecule has 0 saturated heterocycles. The van der Waals surface area contributed by atoms with Crippen LogP contribution < -0.4 is 14.9 Å². The summed E-state index contributed by atoms with van der Waals surface area (Å²) < 4.78 is 11.5. The summed E-state index contributed by atoms with van der Waals surface area (Å²) in [4.78, 5) is 31.9. The van der Waals surface area contributed by atoms with Crippen LogP contribution in [0.15, 0.2) is 70.6 Å². The van der Waals surface area contributed by atoms with Gasteiger partial charge in [0.2, 0.25) is 0 Å². The van der Waals surface area contributed by atoms with Gasteiger partial charge in [-0.3, -0.25) is 9.78 Å². The summed E-state index contributed by atoms with van der Waals surface area (Å²) >= 11 is 3.32. The molecule has 0 saturated carbocycles. The van der Waals surface area contributed by atoms with Crippen molar-refractivity contribution in [3.63, 3.8) is 0 Å². The Balaban J connectivity index is 1.68. The number of aromatic nitrogens is 2. The molecule has 146 valence electrons. The van der Waals surface area contributed by atoms with Crippen molar-refractivity contribution < 1.29 is 19.1 Å². The highest BCUT2D eigenvalue weighted by molar-refractivity contribution is 9.10. The van der Waals surface area contributed by atoms with Crippen LogP contribution in [0.25, 0.3) is 0 Å². The molecule has 3 aromatic rings. The van der Waals surface area contributed by atoms with Crippen molar-refractivity contribution in [2.24, 2.45) is 5.10 Å². The molecule has 0 unspecified atom stereocenters. The fraction of sp³-hybridized carbons (Fsp3) is 0.0500. The summed E-state index contributed by atoms with van der Waals surface area (Å²) in [5, 5.41) is 3.88. The maximum Gasteiger partial charge on any atom is 0.343 e. The molecule has 0 aliphatic heterocycles. The lowest BCUT2D eigenvalue weighted by molar-refractivity contribution is 0.0729. The molecule has 0 aliphatic rings. The highest BCUT2D eigenvalue weighted by atomic mass is 79.9. The molecular formula is C20H15BrN4O4. The van der Waals surface area contributed by atoms with Gasteiger partial charge in [0.25, 0.3) is 5.91 Å². The van der Waals surface area contributed by atoms with E-state index in [0.717, 1.165) is 4.47 Å². The summed E-state index contributed by atoms with van der Waals surface area (Å²) in [5.41, 5.74) is 3.54. The maximum atomic E-state index is 12.3. The Morgan fingerprint density at radius 2 is 2.00 bits per heavy atom. The average molecular weight is 455 g/mol. The second-order valence-electron chi connectivity index (χ2n) is 5.60. The summed E-state index contributed by atoms with van der Waals surface area (Å²) in [5.74, 6) is -0.390. The fourth-order valence-electron chi connectivity index (χ4n) is 2.26. The lowest BCUT2D eigenvalue weighted by Crippen LogP contribution is -2.19. The van der Waals surface area contributed by atoms with Gasteiger partial charge in [-0.2, -0.15) is 5.10 Å². The van der Waals surface area contributed by atoms with E-state index in [-0.39, 0.29) is 11.4 Å². The van der Waals surface area contributed by atoms with Crippen LogP contribution in [0.2, 0.25) is 0 Å². The van der Waals surface area contributed by atoms with Gasteiger partial charge in [0, 0.05) is 16.9 Å². The standard InChI is InChI=1S/C20H15BrN4O4/c1-28-18-9-13(11-24-25-19(26)16-12-22-7-8-23-16)5-6-17(18)29-20(27)14-3-2-4-15(21)10-14/h2-12H,1H3,(H,25,26). The van der Waals surface area contributed by atoms with Crippen LogP contribution in [-0.2, 0) is 0 Å². The third-order valence-corrected chi connectivity index (χ3v) is 4.12. The molecule has 0 bridgehead atoms. The van der Waals surface area contributed by atoms with Crippen molar-refractivity contribution in [3.8, 4) is 11.5 Å². The Kier molecular flexibility index (Phi) is 6.64. The van der Waals surface area contributed by atoms with Crippen molar-refractivity contribution in [2.45, 2.75) is 0 Å². The van der Waals surface area contributed by atoms with Gasteiger partial charge >= 0.3 is 5.97 Å². The van der Waals surface area contributed by atoms with Gasteiger partial charge in [-0.05, 0) is 42.0 Å². The Labute approximate surface area is 174 Å². The van der Waals surface area contributed by atoms with Gasteiger partial charge in [-0.25, -0.2) is 15.2 Å². The van der Waals surface area contributed by atoms with Crippen LogP contribution >= 0.6 is 15.9 Å². The molecule has 1 amide bonds. The molecule has 1 aromatic heterocycles. The number of carbonyl (C=O) groups excluding carboxylic acids is 2. The Bertz CT molecular complexity index is 1060. The molecule has 29 heavy (non-hydrogen) atoms. The van der Waals surface area contributed by atoms with Crippen molar-refractivity contribution in [1.29, 1.82) is 0 Å². The SMILES string of the molecule is COc1cc(C=NNC(=O)c2cnccn2)ccc1OC(=O)c1cccc(Br)c1. The van der Waals surface area contributed by atoms with Gasteiger partial charge < -0.3 is 9.47 Å². The number of hydrogen-bond acceptors (Lipinski definition) is 7. The first-order chi connectivity index (χ1) is 14.1. The predicted molar refractivity (Wildman–Crippen MR) is 109 cm³/mol. The second kappa shape index (κ2) is 9.56. The van der Waals surface area contributed by atoms with E-state index in [0.29, 0.717) is 16.9 Å². The van der Waals surface area contributed by atoms with E-state index in [1.807, 2.05) is 6.07 Å². The maximum absolute atomic E-state index is 12.3. The van der Waals surface area contributed by atoms with Crippen molar-refractivity contribution in [1.82, 2.24) is 15.4 Å². The fourth-order valence-corrected chi connectivity index (χ4v) is 2.66. The summed E-state index contributed by atoms with van der Waals surface area (Å²) in [6.45, 7) is 0. The largest absolute Gasteiger partial charge is 0.493 e. The molecule has 0 radical (unpaired) electrons. The number of rotatable bonds is 6. The number of carbonyl (C=O) groups is 2. The first-order valence-corrected chi connectivity index (χ1v) is 9.11. The van der Waals surface area contributed by atoms with E-state index in [2.05, 4.69) is 36.4 Å². The molecule has 3 rings (SSSR count). The van der Waals surface area contributed by atoms with Crippen LogP contribution in [0.4, 0.5) is 0 Å². The normalized spacial score (nSPS) is 10.6. The summed E-state index contributed by atoms with van der Waals surface area (Å²) in [7, 11) is 1.46. The van der Waals surface area contributed by atoms with Crippen molar-refractivity contribution >= 4 is 34.0 Å². The van der Waals surface area contributed by atoms with Gasteiger partial charge in [0.05, 0.1) is 25.1 Å². The number of ether oxygens (including phenoxy) is 2. The highest BCUT2D eigenvalue weighted by Crippen LogP contribution is 2.28. The quantitative estimate of drug-likeness (QED) is 0.265. The minimum atomic E-state index is -0.512. The number of esters is 1. The van der Waals surface area contributed by atoms with Crippen molar-refractivity contribution in [2.75, 3.05) is 7.11 Å². The smallest absolute Gasteiger partial charge is 0.343 e. The lowest BCUT2D eigenvalue weighted by Gasteiger charge is -2.10. The number of hydrazone groups is 1. The predicted octanol–water partition coefficient (Wildman–Crippen LogP) is 3.23. The van der Waals surface area contributed by atoms with Crippen LogP contribution in [0, 0.1) is 0 Å². The minimum absolute atomic E-state index is 0.150. The average Bonchev–Trinajstić information content (AvgIpc) is 2.75. The third-order valence-electron chi connectivity index (χ3n) is 3.63. The van der Waals surface area contributed by atoms with E-state index in [4.69, 9.17) is 9.47 Å². The summed E-state index contributed by atoms with van der Waals surface area (Å²) in [6.07, 6.45) is 5.65. The van der Waals surface area contributed by atoms with Gasteiger partial charge in [-0.15, -0.1) is 0 Å². The first kappa shape index (κ1) is 20.2. The van der Waals surface area contributed by atoms with Gasteiger partial charge in [0.1, 0.15) is 5.69 Å². The molecule has 0 aliphatic carbocycles. The molecule has 2 aromatic carbocycles. The van der Waals surface area contributed by atoms with E-state index < -0.39 is 11.9 Å². The minimum Gasteiger partial charge on any atom is -0.493 e. The number of nitrogens with zero attached hydrogens (tertiary/aromatic N) is 3. The first-order valence-electron chi connectivity index (χ1n) is 8.32. The zero-order valence-electron chi connectivity index (χ0n) is 15.2. The number of halogens is 1. The Morgan fingerprint density at radius 3 is 2.72 bits per heavy atom. The van der Waals surface area contributed by atoms with E-state index in [1.165, 1.54) is 31.9 Å². The lowest BCUT2D eigenvalue weighted by atomic mass is 10.2.